The lowest BCUT2D eigenvalue weighted by atomic mass is 10.2. The number of piperazine rings is 1. The first-order valence-electron chi connectivity index (χ1n) is 8.99. The van der Waals surface area contributed by atoms with Crippen molar-refractivity contribution in [2.45, 2.75) is 20.8 Å². The minimum absolute atomic E-state index is 0.117. The lowest BCUT2D eigenvalue weighted by Gasteiger charge is -2.35. The molecule has 27 heavy (non-hydrogen) atoms. The minimum Gasteiger partial charge on any atom is -0.352 e. The number of nitrogens with zero attached hydrogens (tertiary/aromatic N) is 6. The van der Waals surface area contributed by atoms with E-state index in [9.17, 15) is 4.79 Å². The van der Waals surface area contributed by atoms with Crippen molar-refractivity contribution in [1.82, 2.24) is 24.9 Å². The highest BCUT2D eigenvalue weighted by molar-refractivity contribution is 7.12. The number of amides is 1. The van der Waals surface area contributed by atoms with Gasteiger partial charge < -0.3 is 9.80 Å². The van der Waals surface area contributed by atoms with E-state index in [1.807, 2.05) is 53.1 Å². The standard InChI is InChI=1S/C19H22N6OS/c1-13-14(2)22-25(15(13)3)18-7-6-17(20-21-18)23-8-10-24(11-9-23)19(26)16-5-4-12-27-16/h4-7,12H,8-11H2,1-3H3. The van der Waals surface area contributed by atoms with Crippen LogP contribution in [0.3, 0.4) is 0 Å². The quantitative estimate of drug-likeness (QED) is 0.697. The third-order valence-corrected chi connectivity index (χ3v) is 5.99. The number of thiophene rings is 1. The van der Waals surface area contributed by atoms with E-state index in [0.717, 1.165) is 41.0 Å². The summed E-state index contributed by atoms with van der Waals surface area (Å²) < 4.78 is 1.83. The Morgan fingerprint density at radius 3 is 2.26 bits per heavy atom. The van der Waals surface area contributed by atoms with Gasteiger partial charge in [-0.15, -0.1) is 21.5 Å². The van der Waals surface area contributed by atoms with Gasteiger partial charge in [-0.2, -0.15) is 5.10 Å². The van der Waals surface area contributed by atoms with Crippen LogP contribution in [-0.2, 0) is 0 Å². The number of hydrogen-bond acceptors (Lipinski definition) is 6. The Balaban J connectivity index is 1.43. The summed E-state index contributed by atoms with van der Waals surface area (Å²) in [5.41, 5.74) is 3.26. The second-order valence-corrected chi connectivity index (χ2v) is 7.66. The molecular weight excluding hydrogens is 360 g/mol. The number of rotatable bonds is 3. The van der Waals surface area contributed by atoms with Gasteiger partial charge in [-0.3, -0.25) is 4.79 Å². The first-order chi connectivity index (χ1) is 13.0. The fourth-order valence-corrected chi connectivity index (χ4v) is 3.93. The van der Waals surface area contributed by atoms with E-state index in [1.54, 1.807) is 0 Å². The highest BCUT2D eigenvalue weighted by atomic mass is 32.1. The maximum absolute atomic E-state index is 12.4. The van der Waals surface area contributed by atoms with Crippen molar-refractivity contribution in [1.29, 1.82) is 0 Å². The average Bonchev–Trinajstić information content (AvgIpc) is 3.33. The van der Waals surface area contributed by atoms with Crippen LogP contribution in [0.2, 0.25) is 0 Å². The van der Waals surface area contributed by atoms with Crippen LogP contribution in [0.15, 0.2) is 29.6 Å². The number of aryl methyl sites for hydroxylation is 1. The van der Waals surface area contributed by atoms with E-state index in [0.29, 0.717) is 13.1 Å². The smallest absolute Gasteiger partial charge is 0.264 e. The normalized spacial score (nSPS) is 14.6. The molecule has 1 saturated heterocycles. The Kier molecular flexibility index (Phi) is 4.65. The first kappa shape index (κ1) is 17.7. The van der Waals surface area contributed by atoms with Gasteiger partial charge in [0.25, 0.3) is 5.91 Å². The second-order valence-electron chi connectivity index (χ2n) is 6.71. The number of aromatic nitrogens is 4. The molecule has 0 spiro atoms. The molecule has 0 N–H and O–H groups in total. The molecule has 1 aliphatic rings. The molecule has 3 aromatic rings. The van der Waals surface area contributed by atoms with E-state index >= 15 is 0 Å². The number of carbonyl (C=O) groups excluding carboxylic acids is 1. The molecule has 8 heteroatoms. The summed E-state index contributed by atoms with van der Waals surface area (Å²) in [5, 5.41) is 15.2. The van der Waals surface area contributed by atoms with Crippen LogP contribution in [0.1, 0.15) is 26.6 Å². The van der Waals surface area contributed by atoms with Crippen LogP contribution >= 0.6 is 11.3 Å². The van der Waals surface area contributed by atoms with Crippen molar-refractivity contribution >= 4 is 23.1 Å². The predicted octanol–water partition coefficient (Wildman–Crippen LogP) is 2.61. The lowest BCUT2D eigenvalue weighted by molar-refractivity contribution is 0.0751. The summed E-state index contributed by atoms with van der Waals surface area (Å²) in [5.74, 6) is 1.67. The summed E-state index contributed by atoms with van der Waals surface area (Å²) in [6.07, 6.45) is 0. The zero-order valence-electron chi connectivity index (χ0n) is 15.7. The van der Waals surface area contributed by atoms with E-state index < -0.39 is 0 Å². The van der Waals surface area contributed by atoms with Crippen molar-refractivity contribution < 1.29 is 4.79 Å². The van der Waals surface area contributed by atoms with Gasteiger partial charge >= 0.3 is 0 Å². The molecule has 0 saturated carbocycles. The van der Waals surface area contributed by atoms with Gasteiger partial charge in [0.2, 0.25) is 0 Å². The molecule has 4 heterocycles. The molecule has 3 aromatic heterocycles. The van der Waals surface area contributed by atoms with Gasteiger partial charge in [-0.05, 0) is 49.9 Å². The molecule has 140 valence electrons. The molecule has 7 nitrogen and oxygen atoms in total. The Morgan fingerprint density at radius 1 is 1.00 bits per heavy atom. The molecule has 0 radical (unpaired) electrons. The Morgan fingerprint density at radius 2 is 1.70 bits per heavy atom. The molecule has 0 aliphatic carbocycles. The molecule has 0 atom stereocenters. The van der Waals surface area contributed by atoms with Crippen LogP contribution in [0.5, 0.6) is 0 Å². The summed E-state index contributed by atoms with van der Waals surface area (Å²) >= 11 is 1.49. The Bertz CT molecular complexity index is 939. The van der Waals surface area contributed by atoms with E-state index in [4.69, 9.17) is 0 Å². The molecule has 4 rings (SSSR count). The zero-order valence-corrected chi connectivity index (χ0v) is 16.5. The van der Waals surface area contributed by atoms with Crippen molar-refractivity contribution in [3.05, 3.63) is 51.5 Å². The maximum atomic E-state index is 12.4. The minimum atomic E-state index is 0.117. The highest BCUT2D eigenvalue weighted by Gasteiger charge is 2.23. The van der Waals surface area contributed by atoms with Crippen molar-refractivity contribution in [3.63, 3.8) is 0 Å². The van der Waals surface area contributed by atoms with Gasteiger partial charge in [-0.25, -0.2) is 4.68 Å². The van der Waals surface area contributed by atoms with E-state index in [-0.39, 0.29) is 5.91 Å². The van der Waals surface area contributed by atoms with E-state index in [2.05, 4.69) is 27.1 Å². The van der Waals surface area contributed by atoms with Crippen molar-refractivity contribution in [2.75, 3.05) is 31.1 Å². The monoisotopic (exact) mass is 382 g/mol. The molecular formula is C19H22N6OS. The molecule has 1 fully saturated rings. The molecule has 1 aliphatic heterocycles. The Labute approximate surface area is 162 Å². The maximum Gasteiger partial charge on any atom is 0.264 e. The zero-order chi connectivity index (χ0) is 19.0. The summed E-state index contributed by atoms with van der Waals surface area (Å²) in [7, 11) is 0. The summed E-state index contributed by atoms with van der Waals surface area (Å²) in [6.45, 7) is 8.99. The molecule has 1 amide bonds. The van der Waals surface area contributed by atoms with Crippen molar-refractivity contribution in [2.24, 2.45) is 0 Å². The number of carbonyl (C=O) groups is 1. The van der Waals surface area contributed by atoms with Crippen LogP contribution < -0.4 is 4.90 Å². The van der Waals surface area contributed by atoms with E-state index in [1.165, 1.54) is 16.9 Å². The third kappa shape index (κ3) is 3.32. The van der Waals surface area contributed by atoms with Crippen LogP contribution in [0.4, 0.5) is 5.82 Å². The van der Waals surface area contributed by atoms with Gasteiger partial charge in [0.15, 0.2) is 11.6 Å². The predicted molar refractivity (Wildman–Crippen MR) is 106 cm³/mol. The van der Waals surface area contributed by atoms with Crippen molar-refractivity contribution in [3.8, 4) is 5.82 Å². The van der Waals surface area contributed by atoms with Crippen LogP contribution in [0.25, 0.3) is 5.82 Å². The summed E-state index contributed by atoms with van der Waals surface area (Å²) in [6, 6.07) is 7.72. The van der Waals surface area contributed by atoms with Crippen LogP contribution in [-0.4, -0.2) is 57.0 Å². The lowest BCUT2D eigenvalue weighted by Crippen LogP contribution is -2.49. The molecule has 0 unspecified atom stereocenters. The van der Waals surface area contributed by atoms with Gasteiger partial charge in [0, 0.05) is 31.9 Å². The van der Waals surface area contributed by atoms with Gasteiger partial charge in [-0.1, -0.05) is 6.07 Å². The number of hydrogen-bond donors (Lipinski definition) is 0. The summed E-state index contributed by atoms with van der Waals surface area (Å²) in [4.78, 5) is 17.3. The topological polar surface area (TPSA) is 67.2 Å². The fourth-order valence-electron chi connectivity index (χ4n) is 3.24. The SMILES string of the molecule is Cc1nn(-c2ccc(N3CCN(C(=O)c4cccs4)CC3)nn2)c(C)c1C. The third-order valence-electron chi connectivity index (χ3n) is 5.13. The number of anilines is 1. The van der Waals surface area contributed by atoms with Crippen LogP contribution in [0, 0.1) is 20.8 Å². The first-order valence-corrected chi connectivity index (χ1v) is 9.87. The molecule has 0 bridgehead atoms. The molecule has 0 aromatic carbocycles. The fraction of sp³-hybridized carbons (Fsp3) is 0.368. The largest absolute Gasteiger partial charge is 0.352 e. The highest BCUT2D eigenvalue weighted by Crippen LogP contribution is 2.19. The van der Waals surface area contributed by atoms with Gasteiger partial charge in [0.1, 0.15) is 0 Å². The van der Waals surface area contributed by atoms with Gasteiger partial charge in [0.05, 0.1) is 10.6 Å². The second kappa shape index (κ2) is 7.11. The average molecular weight is 382 g/mol. The Hall–Kier alpha value is -2.74.